The normalized spacial score (nSPS) is 11.0. The summed E-state index contributed by atoms with van der Waals surface area (Å²) in [5.41, 5.74) is 2.35. The molecule has 0 aliphatic rings. The summed E-state index contributed by atoms with van der Waals surface area (Å²) in [6.45, 7) is 0. The summed E-state index contributed by atoms with van der Waals surface area (Å²) in [5.74, 6) is -0.210. The fourth-order valence-corrected chi connectivity index (χ4v) is 3.45. The zero-order valence-electron chi connectivity index (χ0n) is 13.5. The Morgan fingerprint density at radius 1 is 1.12 bits per heavy atom. The number of carbonyl (C=O) groups is 1. The highest BCUT2D eigenvalue weighted by Crippen LogP contribution is 2.21. The number of fused-ring (bicyclic) bond motifs is 1. The van der Waals surface area contributed by atoms with E-state index in [0.717, 1.165) is 16.0 Å². The fraction of sp³-hybridized carbons (Fsp3) is 0.111. The topological polar surface area (TPSA) is 80.9 Å². The average molecular weight is 385 g/mol. The van der Waals surface area contributed by atoms with E-state index in [2.05, 4.69) is 20.7 Å². The molecule has 0 spiro atoms. The van der Waals surface area contributed by atoms with Crippen molar-refractivity contribution in [2.24, 2.45) is 0 Å². The van der Waals surface area contributed by atoms with Crippen molar-refractivity contribution in [2.45, 2.75) is 12.8 Å². The minimum absolute atomic E-state index is 0.114. The van der Waals surface area contributed by atoms with Crippen LogP contribution in [-0.2, 0) is 17.6 Å². The summed E-state index contributed by atoms with van der Waals surface area (Å²) in [6, 6.07) is 15.0. The number of rotatable bonds is 5. The molecule has 2 aromatic carbocycles. The molecule has 2 aromatic heterocycles. The smallest absolute Gasteiger partial charge is 0.232 e. The standard InChI is InChI=1S/C18H13ClN4O2S/c19-12-7-5-11(6-8-12)9-17-21-22-18(26-17)20-16(24)10-14-13-3-1-2-4-15(13)25-23-14/h1-8H,9-10H2,(H,20,22,24). The van der Waals surface area contributed by atoms with Gasteiger partial charge in [0.1, 0.15) is 10.7 Å². The summed E-state index contributed by atoms with van der Waals surface area (Å²) in [7, 11) is 0. The molecule has 1 amide bonds. The van der Waals surface area contributed by atoms with Gasteiger partial charge >= 0.3 is 0 Å². The highest BCUT2D eigenvalue weighted by atomic mass is 35.5. The lowest BCUT2D eigenvalue weighted by Crippen LogP contribution is -2.14. The van der Waals surface area contributed by atoms with Crippen LogP contribution in [0.25, 0.3) is 11.0 Å². The minimum atomic E-state index is -0.210. The highest BCUT2D eigenvalue weighted by molar-refractivity contribution is 7.15. The molecule has 8 heteroatoms. The van der Waals surface area contributed by atoms with Gasteiger partial charge in [-0.25, -0.2) is 0 Å². The first-order valence-corrected chi connectivity index (χ1v) is 9.07. The summed E-state index contributed by atoms with van der Waals surface area (Å²) >= 11 is 7.23. The average Bonchev–Trinajstić information content (AvgIpc) is 3.24. The Morgan fingerprint density at radius 3 is 2.77 bits per heavy atom. The van der Waals surface area contributed by atoms with Crippen molar-refractivity contribution in [2.75, 3.05) is 5.32 Å². The number of anilines is 1. The quantitative estimate of drug-likeness (QED) is 0.560. The molecule has 6 nitrogen and oxygen atoms in total. The Kier molecular flexibility index (Phi) is 4.64. The van der Waals surface area contributed by atoms with Crippen molar-refractivity contribution in [1.29, 1.82) is 0 Å². The van der Waals surface area contributed by atoms with Crippen molar-refractivity contribution in [3.8, 4) is 0 Å². The van der Waals surface area contributed by atoms with Gasteiger partial charge in [-0.15, -0.1) is 10.2 Å². The van der Waals surface area contributed by atoms with Crippen molar-refractivity contribution in [3.05, 3.63) is 69.8 Å². The molecule has 2 heterocycles. The summed E-state index contributed by atoms with van der Waals surface area (Å²) in [4.78, 5) is 12.3. The van der Waals surface area contributed by atoms with Crippen LogP contribution < -0.4 is 5.32 Å². The maximum atomic E-state index is 12.3. The Balaban J connectivity index is 1.40. The third-order valence-corrected chi connectivity index (χ3v) is 4.85. The van der Waals surface area contributed by atoms with Gasteiger partial charge in [-0.2, -0.15) is 0 Å². The first kappa shape index (κ1) is 16.7. The molecule has 0 radical (unpaired) electrons. The van der Waals surface area contributed by atoms with Crippen molar-refractivity contribution < 1.29 is 9.32 Å². The first-order valence-electron chi connectivity index (χ1n) is 7.87. The Hall–Kier alpha value is -2.77. The van der Waals surface area contributed by atoms with Crippen LogP contribution >= 0.6 is 22.9 Å². The largest absolute Gasteiger partial charge is 0.356 e. The third-order valence-electron chi connectivity index (χ3n) is 3.76. The van der Waals surface area contributed by atoms with E-state index < -0.39 is 0 Å². The monoisotopic (exact) mass is 384 g/mol. The molecule has 0 saturated heterocycles. The van der Waals surface area contributed by atoms with Crippen LogP contribution in [0.4, 0.5) is 5.13 Å². The van der Waals surface area contributed by atoms with Gasteiger partial charge in [-0.1, -0.05) is 52.4 Å². The molecular formula is C18H13ClN4O2S. The zero-order chi connectivity index (χ0) is 17.9. The van der Waals surface area contributed by atoms with Gasteiger partial charge in [0.25, 0.3) is 0 Å². The molecule has 4 aromatic rings. The summed E-state index contributed by atoms with van der Waals surface area (Å²) in [6.07, 6.45) is 0.752. The number of carbonyl (C=O) groups excluding carboxylic acids is 1. The van der Waals surface area contributed by atoms with E-state index >= 15 is 0 Å². The fourth-order valence-electron chi connectivity index (χ4n) is 2.53. The van der Waals surface area contributed by atoms with Gasteiger partial charge in [-0.3, -0.25) is 4.79 Å². The molecule has 0 bridgehead atoms. The summed E-state index contributed by atoms with van der Waals surface area (Å²) < 4.78 is 5.21. The second-order valence-electron chi connectivity index (χ2n) is 5.65. The van der Waals surface area contributed by atoms with Gasteiger partial charge in [0.05, 0.1) is 6.42 Å². The second kappa shape index (κ2) is 7.23. The van der Waals surface area contributed by atoms with E-state index in [4.69, 9.17) is 16.1 Å². The molecular weight excluding hydrogens is 372 g/mol. The summed E-state index contributed by atoms with van der Waals surface area (Å²) in [5, 5.41) is 17.7. The van der Waals surface area contributed by atoms with Crippen molar-refractivity contribution in [3.63, 3.8) is 0 Å². The SMILES string of the molecule is O=C(Cc1noc2ccccc12)Nc1nnc(Cc2ccc(Cl)cc2)s1. The van der Waals surface area contributed by atoms with Crippen molar-refractivity contribution in [1.82, 2.24) is 15.4 Å². The van der Waals surface area contributed by atoms with Gasteiger partial charge in [0.2, 0.25) is 11.0 Å². The number of amides is 1. The van der Waals surface area contributed by atoms with Crippen LogP contribution in [0.5, 0.6) is 0 Å². The zero-order valence-corrected chi connectivity index (χ0v) is 15.0. The highest BCUT2D eigenvalue weighted by Gasteiger charge is 2.14. The first-order chi connectivity index (χ1) is 12.7. The number of hydrogen-bond donors (Lipinski definition) is 1. The lowest BCUT2D eigenvalue weighted by atomic mass is 10.2. The van der Waals surface area contributed by atoms with Crippen LogP contribution in [0.15, 0.2) is 53.1 Å². The number of nitrogens with zero attached hydrogens (tertiary/aromatic N) is 3. The van der Waals surface area contributed by atoms with Gasteiger partial charge in [0.15, 0.2) is 5.58 Å². The number of hydrogen-bond acceptors (Lipinski definition) is 6. The predicted octanol–water partition coefficient (Wildman–Crippen LogP) is 4.10. The molecule has 0 aliphatic carbocycles. The maximum absolute atomic E-state index is 12.3. The molecule has 4 rings (SSSR count). The van der Waals surface area contributed by atoms with Gasteiger partial charge < -0.3 is 9.84 Å². The van der Waals surface area contributed by atoms with Gasteiger partial charge in [0, 0.05) is 16.8 Å². The van der Waals surface area contributed by atoms with Crippen LogP contribution in [0.3, 0.4) is 0 Å². The number of nitrogens with one attached hydrogen (secondary N) is 1. The number of halogens is 1. The number of benzene rings is 2. The molecule has 0 fully saturated rings. The lowest BCUT2D eigenvalue weighted by Gasteiger charge is -1.99. The van der Waals surface area contributed by atoms with Crippen LogP contribution in [-0.4, -0.2) is 21.3 Å². The molecule has 130 valence electrons. The molecule has 1 N–H and O–H groups in total. The van der Waals surface area contributed by atoms with E-state index in [1.807, 2.05) is 48.5 Å². The van der Waals surface area contributed by atoms with E-state index in [1.165, 1.54) is 11.3 Å². The second-order valence-corrected chi connectivity index (χ2v) is 7.15. The Bertz CT molecular complexity index is 1060. The number of para-hydroxylation sites is 1. The molecule has 26 heavy (non-hydrogen) atoms. The van der Waals surface area contributed by atoms with Crippen molar-refractivity contribution >= 4 is 44.9 Å². The molecule has 0 saturated carbocycles. The van der Waals surface area contributed by atoms with E-state index in [9.17, 15) is 4.79 Å². The molecule has 0 atom stereocenters. The Morgan fingerprint density at radius 2 is 1.92 bits per heavy atom. The van der Waals surface area contributed by atoms with E-state index in [1.54, 1.807) is 0 Å². The third kappa shape index (κ3) is 3.74. The predicted molar refractivity (Wildman–Crippen MR) is 101 cm³/mol. The number of aromatic nitrogens is 3. The van der Waals surface area contributed by atoms with Crippen LogP contribution in [0, 0.1) is 0 Å². The Labute approximate surface area is 157 Å². The lowest BCUT2D eigenvalue weighted by molar-refractivity contribution is -0.115. The van der Waals surface area contributed by atoms with E-state index in [0.29, 0.717) is 27.9 Å². The van der Waals surface area contributed by atoms with Crippen LogP contribution in [0.2, 0.25) is 5.02 Å². The van der Waals surface area contributed by atoms with Crippen LogP contribution in [0.1, 0.15) is 16.3 Å². The maximum Gasteiger partial charge on any atom is 0.232 e. The van der Waals surface area contributed by atoms with E-state index in [-0.39, 0.29) is 12.3 Å². The molecule has 0 aliphatic heterocycles. The minimum Gasteiger partial charge on any atom is -0.356 e. The van der Waals surface area contributed by atoms with Gasteiger partial charge in [-0.05, 0) is 29.8 Å². The molecule has 0 unspecified atom stereocenters.